The molecule has 2 amide bonds. The van der Waals surface area contributed by atoms with Crippen LogP contribution in [0.2, 0.25) is 0 Å². The molecule has 0 radical (unpaired) electrons. The molecule has 0 saturated carbocycles. The van der Waals surface area contributed by atoms with E-state index in [-0.39, 0.29) is 12.5 Å². The normalized spacial score (nSPS) is 11.7. The summed E-state index contributed by atoms with van der Waals surface area (Å²) in [6, 6.07) is 12.3. The fourth-order valence-corrected chi connectivity index (χ4v) is 2.36. The Morgan fingerprint density at radius 2 is 1.81 bits per heavy atom. The highest BCUT2D eigenvalue weighted by atomic mass is 19.1. The Labute approximate surface area is 152 Å². The zero-order valence-electron chi connectivity index (χ0n) is 15.1. The van der Waals surface area contributed by atoms with Gasteiger partial charge in [-0.3, -0.25) is 9.59 Å². The lowest BCUT2D eigenvalue weighted by Gasteiger charge is -2.22. The monoisotopic (exact) mass is 358 g/mol. The Hall–Kier alpha value is -2.89. The number of para-hydroxylation sites is 1. The van der Waals surface area contributed by atoms with Gasteiger partial charge in [-0.25, -0.2) is 4.39 Å². The molecular formula is C20H23FN2O3. The van der Waals surface area contributed by atoms with Crippen LogP contribution in [0.25, 0.3) is 0 Å². The number of ether oxygens (including phenoxy) is 1. The van der Waals surface area contributed by atoms with E-state index < -0.39 is 23.7 Å². The summed E-state index contributed by atoms with van der Waals surface area (Å²) in [6.07, 6.45) is 0. The van der Waals surface area contributed by atoms with Crippen LogP contribution in [0.3, 0.4) is 0 Å². The number of hydrogen-bond donors (Lipinski definition) is 2. The van der Waals surface area contributed by atoms with Gasteiger partial charge in [0.2, 0.25) is 5.91 Å². The van der Waals surface area contributed by atoms with E-state index in [1.807, 2.05) is 19.9 Å². The van der Waals surface area contributed by atoms with E-state index in [9.17, 15) is 14.0 Å². The van der Waals surface area contributed by atoms with Crippen molar-refractivity contribution in [3.63, 3.8) is 0 Å². The zero-order valence-corrected chi connectivity index (χ0v) is 15.1. The average molecular weight is 358 g/mol. The minimum absolute atomic E-state index is 0.149. The number of rotatable bonds is 7. The van der Waals surface area contributed by atoms with Gasteiger partial charge in [-0.2, -0.15) is 0 Å². The summed E-state index contributed by atoms with van der Waals surface area (Å²) in [7, 11) is 0. The van der Waals surface area contributed by atoms with Crippen LogP contribution in [0.5, 0.6) is 5.75 Å². The number of anilines is 1. The molecule has 0 bridgehead atoms. The van der Waals surface area contributed by atoms with Crippen molar-refractivity contribution in [3.05, 3.63) is 59.9 Å². The second-order valence-corrected chi connectivity index (χ2v) is 6.34. The van der Waals surface area contributed by atoms with Crippen LogP contribution >= 0.6 is 0 Å². The number of amides is 2. The quantitative estimate of drug-likeness (QED) is 0.798. The van der Waals surface area contributed by atoms with Crippen LogP contribution in [0.15, 0.2) is 48.5 Å². The van der Waals surface area contributed by atoms with E-state index in [2.05, 4.69) is 10.6 Å². The van der Waals surface area contributed by atoms with E-state index in [4.69, 9.17) is 4.74 Å². The molecule has 0 aliphatic carbocycles. The van der Waals surface area contributed by atoms with Gasteiger partial charge < -0.3 is 15.4 Å². The molecule has 0 spiro atoms. The molecule has 0 heterocycles. The number of hydrogen-bond acceptors (Lipinski definition) is 3. The minimum Gasteiger partial charge on any atom is -0.484 e. The fourth-order valence-electron chi connectivity index (χ4n) is 2.36. The third kappa shape index (κ3) is 5.58. The summed E-state index contributed by atoms with van der Waals surface area (Å²) >= 11 is 0. The number of carbonyl (C=O) groups excluding carboxylic acids is 2. The van der Waals surface area contributed by atoms with Crippen LogP contribution in [0.4, 0.5) is 10.1 Å². The van der Waals surface area contributed by atoms with Gasteiger partial charge in [-0.1, -0.05) is 38.1 Å². The molecule has 1 atom stereocenters. The number of nitrogens with one attached hydrogen (secondary N) is 2. The molecule has 2 aromatic rings. The summed E-state index contributed by atoms with van der Waals surface area (Å²) in [6.45, 7) is 5.22. The Kier molecular flexibility index (Phi) is 6.72. The van der Waals surface area contributed by atoms with Gasteiger partial charge >= 0.3 is 0 Å². The fraction of sp³-hybridized carbons (Fsp3) is 0.300. The van der Waals surface area contributed by atoms with Crippen molar-refractivity contribution >= 4 is 17.5 Å². The first kappa shape index (κ1) is 19.4. The number of halogens is 1. The van der Waals surface area contributed by atoms with Crippen molar-refractivity contribution in [1.29, 1.82) is 0 Å². The summed E-state index contributed by atoms with van der Waals surface area (Å²) in [5.41, 5.74) is 1.12. The third-order valence-corrected chi connectivity index (χ3v) is 3.84. The number of carbonyl (C=O) groups is 2. The maximum atomic E-state index is 13.4. The van der Waals surface area contributed by atoms with Gasteiger partial charge in [0.1, 0.15) is 17.6 Å². The lowest BCUT2D eigenvalue weighted by molar-refractivity contribution is -0.128. The van der Waals surface area contributed by atoms with Crippen molar-refractivity contribution in [2.45, 2.75) is 26.8 Å². The molecule has 138 valence electrons. The summed E-state index contributed by atoms with van der Waals surface area (Å²) in [5.74, 6) is -0.819. The van der Waals surface area contributed by atoms with E-state index >= 15 is 0 Å². The van der Waals surface area contributed by atoms with Gasteiger partial charge in [0.05, 0.1) is 0 Å². The smallest absolute Gasteiger partial charge is 0.258 e. The van der Waals surface area contributed by atoms with Gasteiger partial charge in [0.15, 0.2) is 6.61 Å². The van der Waals surface area contributed by atoms with Crippen molar-refractivity contribution in [2.75, 3.05) is 11.9 Å². The average Bonchev–Trinajstić information content (AvgIpc) is 2.61. The van der Waals surface area contributed by atoms with Crippen LogP contribution < -0.4 is 15.4 Å². The minimum atomic E-state index is -0.760. The Bertz CT molecular complexity index is 763. The van der Waals surface area contributed by atoms with Crippen LogP contribution in [-0.4, -0.2) is 24.5 Å². The Morgan fingerprint density at radius 1 is 1.12 bits per heavy atom. The van der Waals surface area contributed by atoms with E-state index in [0.717, 1.165) is 5.56 Å². The zero-order chi connectivity index (χ0) is 19.1. The van der Waals surface area contributed by atoms with Crippen LogP contribution in [0.1, 0.15) is 19.4 Å². The van der Waals surface area contributed by atoms with Gasteiger partial charge in [-0.15, -0.1) is 0 Å². The van der Waals surface area contributed by atoms with E-state index in [1.54, 1.807) is 37.3 Å². The molecule has 1 unspecified atom stereocenters. The van der Waals surface area contributed by atoms with Crippen LogP contribution in [0, 0.1) is 18.7 Å². The van der Waals surface area contributed by atoms with Crippen molar-refractivity contribution < 1.29 is 18.7 Å². The van der Waals surface area contributed by atoms with E-state index in [1.165, 1.54) is 12.1 Å². The maximum Gasteiger partial charge on any atom is 0.258 e. The first-order valence-electron chi connectivity index (χ1n) is 8.41. The molecule has 5 nitrogen and oxygen atoms in total. The maximum absolute atomic E-state index is 13.4. The highest BCUT2D eigenvalue weighted by Crippen LogP contribution is 2.17. The SMILES string of the molecule is Cc1ccc(F)cc1NC(=O)C(NC(=O)COc1ccccc1)C(C)C. The number of aryl methyl sites for hydroxylation is 1. The number of benzene rings is 2. The molecule has 2 N–H and O–H groups in total. The Morgan fingerprint density at radius 3 is 2.46 bits per heavy atom. The van der Waals surface area contributed by atoms with Crippen LogP contribution in [-0.2, 0) is 9.59 Å². The summed E-state index contributed by atoms with van der Waals surface area (Å²) in [4.78, 5) is 24.7. The lowest BCUT2D eigenvalue weighted by atomic mass is 10.0. The molecule has 0 aliphatic heterocycles. The molecule has 2 rings (SSSR count). The second-order valence-electron chi connectivity index (χ2n) is 6.34. The molecule has 0 aliphatic rings. The van der Waals surface area contributed by atoms with Gasteiger partial charge in [-0.05, 0) is 42.7 Å². The predicted octanol–water partition coefficient (Wildman–Crippen LogP) is 3.29. The standard InChI is InChI=1S/C20H23FN2O3/c1-13(2)19(20(25)22-17-11-15(21)10-9-14(17)3)23-18(24)12-26-16-7-5-4-6-8-16/h4-11,13,19H,12H2,1-3H3,(H,22,25)(H,23,24). The van der Waals surface area contributed by atoms with Gasteiger partial charge in [0.25, 0.3) is 5.91 Å². The molecule has 0 aromatic heterocycles. The molecular weight excluding hydrogens is 335 g/mol. The molecule has 26 heavy (non-hydrogen) atoms. The first-order chi connectivity index (χ1) is 12.4. The van der Waals surface area contributed by atoms with Gasteiger partial charge in [0, 0.05) is 5.69 Å². The lowest BCUT2D eigenvalue weighted by Crippen LogP contribution is -2.48. The summed E-state index contributed by atoms with van der Waals surface area (Å²) < 4.78 is 18.8. The highest BCUT2D eigenvalue weighted by molar-refractivity contribution is 5.98. The second kappa shape index (κ2) is 8.99. The molecule has 6 heteroatoms. The highest BCUT2D eigenvalue weighted by Gasteiger charge is 2.25. The Balaban J connectivity index is 1.97. The molecule has 0 fully saturated rings. The molecule has 2 aromatic carbocycles. The third-order valence-electron chi connectivity index (χ3n) is 3.84. The van der Waals surface area contributed by atoms with Crippen molar-refractivity contribution in [3.8, 4) is 5.75 Å². The largest absolute Gasteiger partial charge is 0.484 e. The summed E-state index contributed by atoms with van der Waals surface area (Å²) in [5, 5.41) is 5.35. The van der Waals surface area contributed by atoms with Crippen molar-refractivity contribution in [2.24, 2.45) is 5.92 Å². The topological polar surface area (TPSA) is 67.4 Å². The van der Waals surface area contributed by atoms with E-state index in [0.29, 0.717) is 11.4 Å². The first-order valence-corrected chi connectivity index (χ1v) is 8.41. The van der Waals surface area contributed by atoms with Crippen molar-refractivity contribution in [1.82, 2.24) is 5.32 Å². The predicted molar refractivity (Wildman–Crippen MR) is 98.5 cm³/mol. The molecule has 0 saturated heterocycles.